The number of nitrogens with one attached hydrogen (secondary N) is 2. The van der Waals surface area contributed by atoms with Crippen LogP contribution >= 0.6 is 0 Å². The Balaban J connectivity index is 1.98. The summed E-state index contributed by atoms with van der Waals surface area (Å²) in [6.07, 6.45) is 1.67. The second-order valence-electron chi connectivity index (χ2n) is 4.24. The van der Waals surface area contributed by atoms with Crippen LogP contribution in [0.25, 0.3) is 0 Å². The molecule has 0 aliphatic carbocycles. The minimum atomic E-state index is -3.39. The van der Waals surface area contributed by atoms with Crippen LogP contribution in [-0.2, 0) is 16.8 Å². The molecule has 0 bridgehead atoms. The molecule has 0 aromatic carbocycles. The van der Waals surface area contributed by atoms with Gasteiger partial charge >= 0.3 is 0 Å². The fourth-order valence-corrected chi connectivity index (χ4v) is 3.00. The van der Waals surface area contributed by atoms with Crippen LogP contribution in [-0.4, -0.2) is 43.9 Å². The predicted octanol–water partition coefficient (Wildman–Crippen LogP) is -0.370. The maximum Gasteiger partial charge on any atom is 0.279 e. The highest BCUT2D eigenvalue weighted by molar-refractivity contribution is 7.87. The minimum Gasteiger partial charge on any atom is -0.314 e. The van der Waals surface area contributed by atoms with Gasteiger partial charge in [0, 0.05) is 32.4 Å². The molecule has 0 radical (unpaired) electrons. The summed E-state index contributed by atoms with van der Waals surface area (Å²) in [5, 5.41) is 3.12. The maximum absolute atomic E-state index is 12.0. The van der Waals surface area contributed by atoms with Crippen molar-refractivity contribution in [2.75, 3.05) is 26.2 Å². The van der Waals surface area contributed by atoms with E-state index in [-0.39, 0.29) is 6.54 Å². The summed E-state index contributed by atoms with van der Waals surface area (Å²) in [7, 11) is -3.39. The van der Waals surface area contributed by atoms with Crippen LogP contribution in [0.2, 0.25) is 0 Å². The second-order valence-corrected chi connectivity index (χ2v) is 6.00. The van der Waals surface area contributed by atoms with E-state index < -0.39 is 10.2 Å². The van der Waals surface area contributed by atoms with Gasteiger partial charge in [-0.1, -0.05) is 6.07 Å². The van der Waals surface area contributed by atoms with Crippen molar-refractivity contribution in [1.82, 2.24) is 19.3 Å². The van der Waals surface area contributed by atoms with Crippen molar-refractivity contribution >= 4 is 10.2 Å². The van der Waals surface area contributed by atoms with E-state index in [0.29, 0.717) is 26.2 Å². The topological polar surface area (TPSA) is 74.3 Å². The number of aromatic nitrogens is 1. The van der Waals surface area contributed by atoms with E-state index in [1.807, 2.05) is 19.1 Å². The summed E-state index contributed by atoms with van der Waals surface area (Å²) in [6, 6.07) is 3.76. The minimum absolute atomic E-state index is 0.235. The SMILES string of the molecule is Cc1cccnc1CNS(=O)(=O)N1CCNCC1. The van der Waals surface area contributed by atoms with Gasteiger partial charge in [-0.15, -0.1) is 0 Å². The van der Waals surface area contributed by atoms with Gasteiger partial charge < -0.3 is 5.32 Å². The molecule has 0 atom stereocenters. The Morgan fingerprint density at radius 3 is 2.83 bits per heavy atom. The normalized spacial score (nSPS) is 17.8. The third-order valence-electron chi connectivity index (χ3n) is 2.96. The summed E-state index contributed by atoms with van der Waals surface area (Å²) in [4.78, 5) is 4.17. The lowest BCUT2D eigenvalue weighted by molar-refractivity contribution is 0.354. The Morgan fingerprint density at radius 1 is 1.44 bits per heavy atom. The summed E-state index contributed by atoms with van der Waals surface area (Å²) in [6.45, 7) is 4.57. The molecule has 2 heterocycles. The van der Waals surface area contributed by atoms with Crippen molar-refractivity contribution in [3.8, 4) is 0 Å². The molecule has 1 aliphatic rings. The summed E-state index contributed by atoms with van der Waals surface area (Å²) >= 11 is 0. The van der Waals surface area contributed by atoms with Crippen molar-refractivity contribution in [1.29, 1.82) is 0 Å². The molecule has 0 saturated carbocycles. The Morgan fingerprint density at radius 2 is 2.17 bits per heavy atom. The molecule has 0 spiro atoms. The van der Waals surface area contributed by atoms with Crippen LogP contribution in [0.15, 0.2) is 18.3 Å². The standard InChI is InChI=1S/C11H18N4O2S/c1-10-3-2-4-13-11(10)9-14-18(16,17)15-7-5-12-6-8-15/h2-4,12,14H,5-9H2,1H3. The molecule has 0 amide bonds. The Hall–Kier alpha value is -1.02. The van der Waals surface area contributed by atoms with E-state index in [9.17, 15) is 8.42 Å². The molecule has 0 unspecified atom stereocenters. The van der Waals surface area contributed by atoms with Gasteiger partial charge in [-0.05, 0) is 18.6 Å². The number of rotatable bonds is 4. The number of aryl methyl sites for hydroxylation is 1. The first-order valence-corrected chi connectivity index (χ1v) is 7.39. The zero-order chi connectivity index (χ0) is 13.0. The average Bonchev–Trinajstić information content (AvgIpc) is 2.39. The number of hydrogen-bond acceptors (Lipinski definition) is 4. The molecule has 1 saturated heterocycles. The molecule has 100 valence electrons. The second kappa shape index (κ2) is 5.75. The maximum atomic E-state index is 12.0. The largest absolute Gasteiger partial charge is 0.314 e. The number of nitrogens with zero attached hydrogens (tertiary/aromatic N) is 2. The Kier molecular flexibility index (Phi) is 4.28. The summed E-state index contributed by atoms with van der Waals surface area (Å²) < 4.78 is 28.1. The molecule has 2 rings (SSSR count). The van der Waals surface area contributed by atoms with E-state index in [4.69, 9.17) is 0 Å². The van der Waals surface area contributed by atoms with Crippen LogP contribution < -0.4 is 10.0 Å². The third-order valence-corrected chi connectivity index (χ3v) is 4.51. The quantitative estimate of drug-likeness (QED) is 0.783. The zero-order valence-electron chi connectivity index (χ0n) is 10.4. The Labute approximate surface area is 108 Å². The molecule has 2 N–H and O–H groups in total. The van der Waals surface area contributed by atoms with Crippen molar-refractivity contribution in [3.63, 3.8) is 0 Å². The van der Waals surface area contributed by atoms with E-state index in [1.165, 1.54) is 4.31 Å². The van der Waals surface area contributed by atoms with Crippen LogP contribution in [0, 0.1) is 6.92 Å². The number of piperazine rings is 1. The predicted molar refractivity (Wildman–Crippen MR) is 69.2 cm³/mol. The van der Waals surface area contributed by atoms with Crippen LogP contribution in [0.4, 0.5) is 0 Å². The molecule has 1 fully saturated rings. The van der Waals surface area contributed by atoms with Gasteiger partial charge in [-0.2, -0.15) is 17.4 Å². The van der Waals surface area contributed by atoms with E-state index in [2.05, 4.69) is 15.0 Å². The van der Waals surface area contributed by atoms with Crippen molar-refractivity contribution in [2.45, 2.75) is 13.5 Å². The van der Waals surface area contributed by atoms with Crippen LogP contribution in [0.5, 0.6) is 0 Å². The fraction of sp³-hybridized carbons (Fsp3) is 0.545. The zero-order valence-corrected chi connectivity index (χ0v) is 11.2. The van der Waals surface area contributed by atoms with Gasteiger partial charge in [0.2, 0.25) is 0 Å². The van der Waals surface area contributed by atoms with Gasteiger partial charge in [0.15, 0.2) is 0 Å². The molecular weight excluding hydrogens is 252 g/mol. The van der Waals surface area contributed by atoms with E-state index in [0.717, 1.165) is 11.3 Å². The number of pyridine rings is 1. The molecular formula is C11H18N4O2S. The van der Waals surface area contributed by atoms with Crippen LogP contribution in [0.3, 0.4) is 0 Å². The third kappa shape index (κ3) is 3.26. The lowest BCUT2D eigenvalue weighted by Crippen LogP contribution is -2.50. The average molecular weight is 270 g/mol. The van der Waals surface area contributed by atoms with E-state index in [1.54, 1.807) is 6.20 Å². The monoisotopic (exact) mass is 270 g/mol. The summed E-state index contributed by atoms with van der Waals surface area (Å²) in [5.41, 5.74) is 1.75. The first kappa shape index (κ1) is 13.4. The molecule has 1 aromatic heterocycles. The first-order valence-electron chi connectivity index (χ1n) is 5.95. The smallest absolute Gasteiger partial charge is 0.279 e. The van der Waals surface area contributed by atoms with Gasteiger partial charge in [0.05, 0.1) is 12.2 Å². The van der Waals surface area contributed by atoms with Gasteiger partial charge in [-0.25, -0.2) is 0 Å². The van der Waals surface area contributed by atoms with Crippen molar-refractivity contribution in [3.05, 3.63) is 29.6 Å². The first-order chi connectivity index (χ1) is 8.59. The lowest BCUT2D eigenvalue weighted by Gasteiger charge is -2.26. The van der Waals surface area contributed by atoms with Crippen molar-refractivity contribution in [2.24, 2.45) is 0 Å². The van der Waals surface area contributed by atoms with Crippen LogP contribution in [0.1, 0.15) is 11.3 Å². The van der Waals surface area contributed by atoms with Crippen molar-refractivity contribution < 1.29 is 8.42 Å². The molecule has 6 nitrogen and oxygen atoms in total. The van der Waals surface area contributed by atoms with Gasteiger partial charge in [0.25, 0.3) is 10.2 Å². The lowest BCUT2D eigenvalue weighted by atomic mass is 10.2. The van der Waals surface area contributed by atoms with E-state index >= 15 is 0 Å². The highest BCUT2D eigenvalue weighted by Gasteiger charge is 2.23. The van der Waals surface area contributed by atoms with Gasteiger partial charge in [-0.3, -0.25) is 4.98 Å². The molecule has 1 aliphatic heterocycles. The highest BCUT2D eigenvalue weighted by Crippen LogP contribution is 2.05. The Bertz CT molecular complexity index is 498. The van der Waals surface area contributed by atoms with Gasteiger partial charge in [0.1, 0.15) is 0 Å². The molecule has 1 aromatic rings. The molecule has 18 heavy (non-hydrogen) atoms. The number of hydrogen-bond donors (Lipinski definition) is 2. The molecule has 7 heteroatoms. The summed E-state index contributed by atoms with van der Waals surface area (Å²) in [5.74, 6) is 0. The fourth-order valence-electron chi connectivity index (χ4n) is 1.84. The highest BCUT2D eigenvalue weighted by atomic mass is 32.2.